The maximum absolute atomic E-state index is 13.3. The van der Waals surface area contributed by atoms with Gasteiger partial charge in [0.25, 0.3) is 10.0 Å². The number of benzene rings is 3. The molecule has 10 heteroatoms. The van der Waals surface area contributed by atoms with Crippen molar-refractivity contribution in [3.63, 3.8) is 0 Å². The van der Waals surface area contributed by atoms with Gasteiger partial charge in [0.15, 0.2) is 0 Å². The van der Waals surface area contributed by atoms with Crippen LogP contribution in [-0.4, -0.2) is 35.5 Å². The van der Waals surface area contributed by atoms with Crippen LogP contribution in [0.2, 0.25) is 0 Å². The van der Waals surface area contributed by atoms with E-state index in [1.807, 2.05) is 43.3 Å². The Morgan fingerprint density at radius 1 is 1.05 bits per heavy atom. The van der Waals surface area contributed by atoms with Crippen LogP contribution in [0.25, 0.3) is 11.3 Å². The van der Waals surface area contributed by atoms with Crippen LogP contribution in [0.5, 0.6) is 5.88 Å². The number of ether oxygens (including phenoxy) is 1. The first-order chi connectivity index (χ1) is 19.6. The first-order valence-electron chi connectivity index (χ1n) is 13.4. The van der Waals surface area contributed by atoms with Gasteiger partial charge in [-0.25, -0.2) is 22.9 Å². The monoisotopic (exact) mass is 572 g/mol. The van der Waals surface area contributed by atoms with Crippen LogP contribution in [-0.2, 0) is 16.6 Å². The molecule has 5 rings (SSSR count). The molecule has 3 aromatic carbocycles. The van der Waals surface area contributed by atoms with Gasteiger partial charge in [-0.15, -0.1) is 0 Å². The second kappa shape index (κ2) is 11.7. The fourth-order valence-electron chi connectivity index (χ4n) is 5.03. The predicted molar refractivity (Wildman–Crippen MR) is 156 cm³/mol. The number of fused-ring (bicyclic) bond motifs is 1. The Bertz CT molecular complexity index is 1690. The van der Waals surface area contributed by atoms with Crippen LogP contribution < -0.4 is 14.8 Å². The van der Waals surface area contributed by atoms with Crippen molar-refractivity contribution in [1.82, 2.24) is 15.3 Å². The van der Waals surface area contributed by atoms with Gasteiger partial charge in [0.2, 0.25) is 11.8 Å². The lowest BCUT2D eigenvalue weighted by molar-refractivity contribution is 0.0696. The summed E-state index contributed by atoms with van der Waals surface area (Å²) in [5.74, 6) is -0.778. The van der Waals surface area contributed by atoms with E-state index in [1.165, 1.54) is 18.2 Å². The molecule has 212 valence electrons. The third-order valence-corrected chi connectivity index (χ3v) is 8.32. The fraction of sp³-hybridized carbons (Fsp3) is 0.258. The molecule has 2 heterocycles. The van der Waals surface area contributed by atoms with E-state index < -0.39 is 16.0 Å². The normalized spacial score (nSPS) is 16.7. The summed E-state index contributed by atoms with van der Waals surface area (Å²) in [5.41, 5.74) is 4.27. The summed E-state index contributed by atoms with van der Waals surface area (Å²) in [4.78, 5) is 20.2. The van der Waals surface area contributed by atoms with Crippen molar-refractivity contribution in [3.05, 3.63) is 101 Å². The topological polar surface area (TPSA) is 131 Å². The number of nitrogens with zero attached hydrogens (tertiary/aromatic N) is 2. The average Bonchev–Trinajstić information content (AvgIpc) is 2.94. The number of hydrogen-bond acceptors (Lipinski definition) is 7. The molecule has 0 saturated heterocycles. The van der Waals surface area contributed by atoms with E-state index in [9.17, 15) is 18.3 Å². The second-order valence-electron chi connectivity index (χ2n) is 10.5. The van der Waals surface area contributed by atoms with Gasteiger partial charge in [-0.1, -0.05) is 68.4 Å². The van der Waals surface area contributed by atoms with E-state index in [2.05, 4.69) is 46.0 Å². The zero-order chi connectivity index (χ0) is 29.1. The van der Waals surface area contributed by atoms with Crippen LogP contribution in [0.1, 0.15) is 53.4 Å². The molecule has 0 saturated carbocycles. The second-order valence-corrected chi connectivity index (χ2v) is 12.2. The summed E-state index contributed by atoms with van der Waals surface area (Å²) < 4.78 is 35.6. The average molecular weight is 573 g/mol. The third-order valence-electron chi connectivity index (χ3n) is 7.00. The highest BCUT2D eigenvalue weighted by atomic mass is 32.2. The van der Waals surface area contributed by atoms with Crippen molar-refractivity contribution in [2.45, 2.75) is 50.8 Å². The molecule has 0 amide bonds. The zero-order valence-electron chi connectivity index (χ0n) is 23.0. The minimum absolute atomic E-state index is 0.0145. The largest absolute Gasteiger partial charge is 0.478 e. The Morgan fingerprint density at radius 3 is 2.56 bits per heavy atom. The Balaban J connectivity index is 1.57. The Morgan fingerprint density at radius 2 is 1.80 bits per heavy atom. The highest BCUT2D eigenvalue weighted by molar-refractivity contribution is 7.92. The lowest BCUT2D eigenvalue weighted by Gasteiger charge is -2.35. The molecule has 1 aliphatic rings. The SMILES string of the molecule is Cc1ccccc1-c1cc(O[C@H]2c3ccccc3CN[C@@H]2CC(C)C)nc(NS(=O)(=O)c2cccc(C(=O)O)c2)n1. The van der Waals surface area contributed by atoms with E-state index in [4.69, 9.17) is 4.74 Å². The minimum atomic E-state index is -4.21. The molecule has 0 bridgehead atoms. The number of anilines is 1. The summed E-state index contributed by atoms with van der Waals surface area (Å²) in [6, 6.07) is 22.6. The molecule has 0 unspecified atom stereocenters. The Hall–Kier alpha value is -4.28. The van der Waals surface area contributed by atoms with Crippen LogP contribution in [0.15, 0.2) is 83.8 Å². The smallest absolute Gasteiger partial charge is 0.335 e. The molecule has 1 aliphatic heterocycles. The molecule has 41 heavy (non-hydrogen) atoms. The van der Waals surface area contributed by atoms with E-state index in [0.717, 1.165) is 41.3 Å². The van der Waals surface area contributed by atoms with Crippen LogP contribution in [0.4, 0.5) is 5.95 Å². The van der Waals surface area contributed by atoms with E-state index in [1.54, 1.807) is 6.07 Å². The molecule has 3 N–H and O–H groups in total. The lowest BCUT2D eigenvalue weighted by Crippen LogP contribution is -2.42. The molecule has 9 nitrogen and oxygen atoms in total. The van der Waals surface area contributed by atoms with Crippen molar-refractivity contribution in [2.24, 2.45) is 5.92 Å². The number of nitrogens with one attached hydrogen (secondary N) is 2. The first-order valence-corrected chi connectivity index (χ1v) is 14.9. The summed E-state index contributed by atoms with van der Waals surface area (Å²) in [6.07, 6.45) is 0.507. The van der Waals surface area contributed by atoms with Crippen LogP contribution in [0, 0.1) is 12.8 Å². The summed E-state index contributed by atoms with van der Waals surface area (Å²) in [7, 11) is -4.21. The number of aryl methyl sites for hydroxylation is 1. The maximum Gasteiger partial charge on any atom is 0.335 e. The number of carbonyl (C=O) groups is 1. The molecular formula is C31H32N4O5S. The number of sulfonamides is 1. The van der Waals surface area contributed by atoms with Gasteiger partial charge in [-0.2, -0.15) is 4.98 Å². The first kappa shape index (κ1) is 28.3. The third kappa shape index (κ3) is 6.39. The number of aromatic nitrogens is 2. The Labute approximate surface area is 239 Å². The van der Waals surface area contributed by atoms with Gasteiger partial charge < -0.3 is 15.2 Å². The van der Waals surface area contributed by atoms with E-state index in [0.29, 0.717) is 11.6 Å². The van der Waals surface area contributed by atoms with Gasteiger partial charge in [0.05, 0.1) is 16.2 Å². The van der Waals surface area contributed by atoms with Gasteiger partial charge >= 0.3 is 5.97 Å². The number of aromatic carboxylic acids is 1. The summed E-state index contributed by atoms with van der Waals surface area (Å²) in [6.45, 7) is 6.99. The highest BCUT2D eigenvalue weighted by Crippen LogP contribution is 2.35. The molecule has 0 fully saturated rings. The lowest BCUT2D eigenvalue weighted by atomic mass is 9.88. The molecule has 0 aliphatic carbocycles. The summed E-state index contributed by atoms with van der Waals surface area (Å²) >= 11 is 0. The van der Waals surface area contributed by atoms with Crippen LogP contribution >= 0.6 is 0 Å². The molecule has 4 aromatic rings. The van der Waals surface area contributed by atoms with Gasteiger partial charge in [0, 0.05) is 24.2 Å². The quantitative estimate of drug-likeness (QED) is 0.237. The van der Waals surface area contributed by atoms with Crippen molar-refractivity contribution in [2.75, 3.05) is 4.72 Å². The van der Waals surface area contributed by atoms with E-state index >= 15 is 0 Å². The number of carboxylic acid groups (broad SMARTS) is 1. The van der Waals surface area contributed by atoms with Crippen molar-refractivity contribution >= 4 is 21.9 Å². The van der Waals surface area contributed by atoms with E-state index in [-0.39, 0.29) is 34.4 Å². The van der Waals surface area contributed by atoms with Gasteiger partial charge in [0.1, 0.15) is 6.10 Å². The van der Waals surface area contributed by atoms with Gasteiger partial charge in [-0.3, -0.25) is 0 Å². The van der Waals surface area contributed by atoms with Crippen LogP contribution in [0.3, 0.4) is 0 Å². The Kier molecular flexibility index (Phi) is 8.05. The summed E-state index contributed by atoms with van der Waals surface area (Å²) in [5, 5.41) is 12.9. The predicted octanol–water partition coefficient (Wildman–Crippen LogP) is 5.59. The van der Waals surface area contributed by atoms with Crippen molar-refractivity contribution in [3.8, 4) is 17.1 Å². The highest BCUT2D eigenvalue weighted by Gasteiger charge is 2.32. The van der Waals surface area contributed by atoms with Crippen molar-refractivity contribution in [1.29, 1.82) is 0 Å². The molecule has 2 atom stereocenters. The number of hydrogen-bond donors (Lipinski definition) is 3. The fourth-order valence-corrected chi connectivity index (χ4v) is 6.02. The molecule has 1 aromatic heterocycles. The number of rotatable bonds is 9. The van der Waals surface area contributed by atoms with Gasteiger partial charge in [-0.05, 0) is 54.2 Å². The molecule has 0 spiro atoms. The number of carboxylic acids is 1. The molecular weight excluding hydrogens is 540 g/mol. The zero-order valence-corrected chi connectivity index (χ0v) is 23.9. The maximum atomic E-state index is 13.3. The van der Waals surface area contributed by atoms with Crippen molar-refractivity contribution < 1.29 is 23.1 Å². The standard InChI is InChI=1S/C31H32N4O5S/c1-19(2)15-27-29(25-14-7-5-10-22(25)18-32-27)40-28-17-26(24-13-6-4-9-20(24)3)33-31(34-28)35-41(38,39)23-12-8-11-21(16-23)30(36)37/h4-14,16-17,19,27,29,32H,15,18H2,1-3H3,(H,36,37)(H,33,34,35)/t27-,29+/m1/s1. The minimum Gasteiger partial charge on any atom is -0.478 e. The molecule has 0 radical (unpaired) electrons.